The van der Waals surface area contributed by atoms with Crippen molar-refractivity contribution in [1.29, 1.82) is 0 Å². The minimum Gasteiger partial charge on any atom is -0.383 e. The Bertz CT molecular complexity index is 419. The third-order valence-corrected chi connectivity index (χ3v) is 2.92. The van der Waals surface area contributed by atoms with E-state index in [1.165, 1.54) is 0 Å². The number of methoxy groups -OCH3 is 1. The number of aryl methyl sites for hydroxylation is 1. The molecule has 2 amide bonds. The molecule has 0 saturated carbocycles. The van der Waals surface area contributed by atoms with Crippen molar-refractivity contribution in [2.75, 3.05) is 31.1 Å². The van der Waals surface area contributed by atoms with E-state index in [2.05, 4.69) is 28.1 Å². The van der Waals surface area contributed by atoms with Crippen LogP contribution >= 0.6 is 12.8 Å². The molecule has 20 heavy (non-hydrogen) atoms. The summed E-state index contributed by atoms with van der Waals surface area (Å²) in [5.74, 6) is 1.13. The summed E-state index contributed by atoms with van der Waals surface area (Å²) in [6, 6.07) is 1.28. The maximum Gasteiger partial charge on any atom is 0.333 e. The van der Waals surface area contributed by atoms with E-state index < -0.39 is 0 Å². The molecule has 0 spiro atoms. The van der Waals surface area contributed by atoms with Gasteiger partial charge >= 0.3 is 6.03 Å². The fraction of sp³-hybridized carbons (Fsp3) is 0.583. The van der Waals surface area contributed by atoms with E-state index in [0.29, 0.717) is 31.3 Å². The Labute approximate surface area is 124 Å². The highest BCUT2D eigenvalue weighted by molar-refractivity contribution is 7.82. The number of thiol groups is 1. The summed E-state index contributed by atoms with van der Waals surface area (Å²) < 4.78 is 6.01. The highest BCUT2D eigenvalue weighted by Crippen LogP contribution is 2.13. The summed E-state index contributed by atoms with van der Waals surface area (Å²) in [7, 11) is 1.57. The van der Waals surface area contributed by atoms with E-state index in [1.54, 1.807) is 19.4 Å². The Morgan fingerprint density at radius 2 is 2.35 bits per heavy atom. The van der Waals surface area contributed by atoms with Crippen molar-refractivity contribution >= 4 is 24.7 Å². The van der Waals surface area contributed by atoms with Gasteiger partial charge < -0.3 is 15.8 Å². The van der Waals surface area contributed by atoms with Gasteiger partial charge in [0.25, 0.3) is 0 Å². The van der Waals surface area contributed by atoms with Crippen LogP contribution in [-0.2, 0) is 11.2 Å². The van der Waals surface area contributed by atoms with E-state index in [1.807, 2.05) is 0 Å². The molecule has 0 aliphatic heterocycles. The molecule has 0 aliphatic carbocycles. The molecule has 1 aromatic rings. The number of carbonyl (C=O) groups excluding carboxylic acids is 1. The number of nitrogens with zero attached hydrogens (tertiary/aromatic N) is 3. The molecule has 0 radical (unpaired) electrons. The summed E-state index contributed by atoms with van der Waals surface area (Å²) in [5, 5.41) is 2.66. The number of hydrogen-bond donors (Lipinski definition) is 3. The van der Waals surface area contributed by atoms with Gasteiger partial charge in [0, 0.05) is 32.3 Å². The first-order valence-electron chi connectivity index (χ1n) is 6.46. The van der Waals surface area contributed by atoms with E-state index in [-0.39, 0.29) is 6.03 Å². The lowest BCUT2D eigenvalue weighted by molar-refractivity contribution is 0.197. The molecule has 0 atom stereocenters. The first-order valence-corrected chi connectivity index (χ1v) is 6.86. The summed E-state index contributed by atoms with van der Waals surface area (Å²) in [6.45, 7) is 1.52. The van der Waals surface area contributed by atoms with Crippen LogP contribution in [0.5, 0.6) is 0 Å². The maximum absolute atomic E-state index is 11.8. The van der Waals surface area contributed by atoms with Crippen molar-refractivity contribution in [3.05, 3.63) is 18.1 Å². The number of anilines is 1. The molecule has 1 rings (SSSR count). The zero-order chi connectivity index (χ0) is 14.8. The second-order valence-electron chi connectivity index (χ2n) is 4.11. The van der Waals surface area contributed by atoms with Gasteiger partial charge in [-0.25, -0.2) is 19.1 Å². The van der Waals surface area contributed by atoms with E-state index in [9.17, 15) is 4.79 Å². The molecule has 0 unspecified atom stereocenters. The van der Waals surface area contributed by atoms with Crippen molar-refractivity contribution in [2.24, 2.45) is 5.73 Å². The molecule has 0 aromatic carbocycles. The van der Waals surface area contributed by atoms with Gasteiger partial charge in [-0.3, -0.25) is 0 Å². The fourth-order valence-corrected chi connectivity index (χ4v) is 1.68. The molecule has 112 valence electrons. The summed E-state index contributed by atoms with van der Waals surface area (Å²) >= 11 is 4.14. The molecule has 0 aliphatic rings. The molecular formula is C12H21N5O2S. The lowest BCUT2D eigenvalue weighted by atomic mass is 10.2. The molecule has 3 N–H and O–H groups in total. The van der Waals surface area contributed by atoms with E-state index >= 15 is 0 Å². The van der Waals surface area contributed by atoms with Gasteiger partial charge in [-0.05, 0) is 19.4 Å². The molecule has 0 saturated heterocycles. The van der Waals surface area contributed by atoms with Gasteiger partial charge in [0.15, 0.2) is 5.82 Å². The second kappa shape index (κ2) is 9.51. The van der Waals surface area contributed by atoms with E-state index in [4.69, 9.17) is 10.5 Å². The molecule has 1 aromatic heterocycles. The van der Waals surface area contributed by atoms with Crippen molar-refractivity contribution < 1.29 is 9.53 Å². The van der Waals surface area contributed by atoms with Crippen LogP contribution in [0.2, 0.25) is 0 Å². The summed E-state index contributed by atoms with van der Waals surface area (Å²) in [4.78, 5) is 20.3. The number of ether oxygens (including phenoxy) is 1. The van der Waals surface area contributed by atoms with Gasteiger partial charge in [-0.2, -0.15) is 0 Å². The average Bonchev–Trinajstić information content (AvgIpc) is 2.47. The third kappa shape index (κ3) is 5.72. The largest absolute Gasteiger partial charge is 0.383 e. The molecule has 8 heteroatoms. The Hall–Kier alpha value is -1.38. The lowest BCUT2D eigenvalue weighted by Crippen LogP contribution is -2.36. The second-order valence-corrected chi connectivity index (χ2v) is 4.51. The van der Waals surface area contributed by atoms with Crippen LogP contribution in [0, 0.1) is 0 Å². The number of carbonyl (C=O) groups is 1. The van der Waals surface area contributed by atoms with Crippen molar-refractivity contribution in [1.82, 2.24) is 15.3 Å². The predicted octanol–water partition coefficient (Wildman–Crippen LogP) is 0.765. The Morgan fingerprint density at radius 1 is 1.55 bits per heavy atom. The fourth-order valence-electron chi connectivity index (χ4n) is 1.49. The topological polar surface area (TPSA) is 93.4 Å². The Kier molecular flexibility index (Phi) is 7.93. The van der Waals surface area contributed by atoms with E-state index in [0.717, 1.165) is 23.6 Å². The van der Waals surface area contributed by atoms with Crippen LogP contribution in [0.25, 0.3) is 0 Å². The third-order valence-electron chi connectivity index (χ3n) is 2.54. The summed E-state index contributed by atoms with van der Waals surface area (Å²) in [6.07, 6.45) is 4.20. The smallest absolute Gasteiger partial charge is 0.333 e. The molecule has 0 bridgehead atoms. The highest BCUT2D eigenvalue weighted by Gasteiger charge is 2.13. The number of aromatic nitrogens is 2. The van der Waals surface area contributed by atoms with Crippen LogP contribution in [0.3, 0.4) is 0 Å². The first kappa shape index (κ1) is 16.7. The average molecular weight is 299 g/mol. The number of urea groups is 1. The Morgan fingerprint density at radius 3 is 3.05 bits per heavy atom. The van der Waals surface area contributed by atoms with Gasteiger partial charge in [-0.15, -0.1) is 0 Å². The minimum absolute atomic E-state index is 0.350. The maximum atomic E-state index is 11.8. The number of nitrogens with two attached hydrogens (primary N) is 1. The first-order chi connectivity index (χ1) is 9.69. The standard InChI is InChI=1S/C12H21N5O2S/c1-19-9-8-15-12(18)17(20)11-5-7-14-10(16-11)4-2-3-6-13/h5,7,20H,2-4,6,8-9,13H2,1H3,(H,15,18). The molecule has 0 fully saturated rings. The van der Waals surface area contributed by atoms with Crippen molar-refractivity contribution in [3.8, 4) is 0 Å². The number of nitrogens with one attached hydrogen (secondary N) is 1. The van der Waals surface area contributed by atoms with Gasteiger partial charge in [0.1, 0.15) is 5.82 Å². The van der Waals surface area contributed by atoms with Gasteiger partial charge in [0.2, 0.25) is 0 Å². The monoisotopic (exact) mass is 299 g/mol. The number of hydrogen-bond acceptors (Lipinski definition) is 6. The predicted molar refractivity (Wildman–Crippen MR) is 80.8 cm³/mol. The molecular weight excluding hydrogens is 278 g/mol. The van der Waals surface area contributed by atoms with Crippen molar-refractivity contribution in [2.45, 2.75) is 19.3 Å². The number of unbranched alkanes of at least 4 members (excludes halogenated alkanes) is 1. The Balaban J connectivity index is 2.56. The SMILES string of the molecule is COCCNC(=O)N(S)c1ccnc(CCCCN)n1. The minimum atomic E-state index is -0.350. The van der Waals surface area contributed by atoms with Crippen molar-refractivity contribution in [3.63, 3.8) is 0 Å². The summed E-state index contributed by atoms with van der Waals surface area (Å²) in [5.41, 5.74) is 5.44. The lowest BCUT2D eigenvalue weighted by Gasteiger charge is -2.15. The normalized spacial score (nSPS) is 10.3. The zero-order valence-corrected chi connectivity index (χ0v) is 12.5. The van der Waals surface area contributed by atoms with Crippen LogP contribution in [-0.4, -0.2) is 42.8 Å². The zero-order valence-electron chi connectivity index (χ0n) is 11.6. The van der Waals surface area contributed by atoms with Gasteiger partial charge in [0.05, 0.1) is 6.61 Å². The van der Waals surface area contributed by atoms with Crippen LogP contribution in [0.15, 0.2) is 12.3 Å². The quantitative estimate of drug-likeness (QED) is 0.487. The van der Waals surface area contributed by atoms with Crippen LogP contribution < -0.4 is 15.4 Å². The molecule has 7 nitrogen and oxygen atoms in total. The van der Waals surface area contributed by atoms with Crippen LogP contribution in [0.4, 0.5) is 10.6 Å². The highest BCUT2D eigenvalue weighted by atomic mass is 32.1. The number of amides is 2. The van der Waals surface area contributed by atoms with Crippen LogP contribution in [0.1, 0.15) is 18.7 Å². The van der Waals surface area contributed by atoms with Gasteiger partial charge in [-0.1, -0.05) is 12.8 Å². The number of rotatable bonds is 8. The molecule has 1 heterocycles.